The second-order valence-electron chi connectivity index (χ2n) is 9.92. The van der Waals surface area contributed by atoms with E-state index in [0.717, 1.165) is 10.8 Å². The summed E-state index contributed by atoms with van der Waals surface area (Å²) in [6.45, 7) is 7.00. The molecule has 0 aliphatic carbocycles. The lowest BCUT2D eigenvalue weighted by Crippen LogP contribution is -2.70. The van der Waals surface area contributed by atoms with Gasteiger partial charge in [-0.25, -0.2) is 0 Å². The summed E-state index contributed by atoms with van der Waals surface area (Å²) in [6, 6.07) is 24.8. The molecule has 2 aromatic carbocycles. The van der Waals surface area contributed by atoms with Crippen LogP contribution in [0.2, 0.25) is 0 Å². The first-order valence-electron chi connectivity index (χ1n) is 12.3. The van der Waals surface area contributed by atoms with Gasteiger partial charge in [0.05, 0.1) is 19.1 Å². The van der Waals surface area contributed by atoms with Crippen molar-refractivity contribution in [2.75, 3.05) is 31.8 Å². The summed E-state index contributed by atoms with van der Waals surface area (Å²) in [6.07, 6.45) is 3.23. The van der Waals surface area contributed by atoms with Gasteiger partial charge in [0.2, 0.25) is 0 Å². The van der Waals surface area contributed by atoms with Gasteiger partial charge in [0.1, 0.15) is 0 Å². The normalized spacial score (nSPS) is 25.2. The van der Waals surface area contributed by atoms with Gasteiger partial charge < -0.3 is 10.1 Å². The number of piperidine rings is 3. The van der Waals surface area contributed by atoms with Crippen molar-refractivity contribution >= 4 is 27.1 Å². The number of hydrogen-bond acceptors (Lipinski definition) is 6. The molecule has 3 saturated heterocycles. The fourth-order valence-corrected chi connectivity index (χ4v) is 6.87. The summed E-state index contributed by atoms with van der Waals surface area (Å²) in [4.78, 5) is 4.03. The van der Waals surface area contributed by atoms with E-state index in [0.29, 0.717) is 24.1 Å². The van der Waals surface area contributed by atoms with Crippen LogP contribution in [0, 0.1) is 12.8 Å². The molecule has 4 heterocycles. The predicted molar refractivity (Wildman–Crippen MR) is 148 cm³/mol. The molecular weight excluding hydrogens is 492 g/mol. The second kappa shape index (κ2) is 10.9. The third-order valence-electron chi connectivity index (χ3n) is 7.49. The number of benzene rings is 2. The van der Waals surface area contributed by atoms with Crippen LogP contribution >= 0.6 is 11.3 Å². The Balaban J connectivity index is 0.000000556. The van der Waals surface area contributed by atoms with Crippen LogP contribution in [0.15, 0.2) is 66.7 Å². The highest BCUT2D eigenvalue weighted by Gasteiger charge is 2.55. The molecule has 2 atom stereocenters. The molecule has 2 N–H and O–H groups in total. The van der Waals surface area contributed by atoms with E-state index in [1.54, 1.807) is 18.4 Å². The minimum absolute atomic E-state index is 0.0370. The van der Waals surface area contributed by atoms with Crippen molar-refractivity contribution in [1.29, 1.82) is 0 Å². The van der Waals surface area contributed by atoms with Crippen LogP contribution in [0.25, 0.3) is 0 Å². The zero-order valence-corrected chi connectivity index (χ0v) is 23.0. The maximum absolute atomic E-state index is 9.19. The SMILES string of the molecule is COc1sc(C)cc1N[C@H]1C2CCN(CC2)[C@@]1(C)C(c1ccccc1)c1ccccc1.CS(=O)(=O)O. The summed E-state index contributed by atoms with van der Waals surface area (Å²) in [5.74, 6) is 0.955. The van der Waals surface area contributed by atoms with E-state index in [1.807, 2.05) is 0 Å². The average Bonchev–Trinajstić information content (AvgIpc) is 3.21. The van der Waals surface area contributed by atoms with Crippen LogP contribution in [0.1, 0.15) is 41.7 Å². The summed E-state index contributed by atoms with van der Waals surface area (Å²) >= 11 is 1.73. The van der Waals surface area contributed by atoms with E-state index in [4.69, 9.17) is 9.29 Å². The molecule has 3 aliphatic heterocycles. The number of nitrogens with one attached hydrogen (secondary N) is 1. The Kier molecular flexibility index (Phi) is 8.09. The first kappa shape index (κ1) is 26.7. The minimum atomic E-state index is -3.67. The molecule has 3 aromatic rings. The Labute approximate surface area is 219 Å². The molecule has 3 aliphatic rings. The number of nitrogens with zero attached hydrogens (tertiary/aromatic N) is 1. The van der Waals surface area contributed by atoms with Crippen molar-refractivity contribution in [3.63, 3.8) is 0 Å². The molecule has 0 unspecified atom stereocenters. The van der Waals surface area contributed by atoms with Crippen LogP contribution in [0.5, 0.6) is 5.06 Å². The molecule has 0 radical (unpaired) electrons. The topological polar surface area (TPSA) is 78.9 Å². The van der Waals surface area contributed by atoms with Crippen molar-refractivity contribution in [1.82, 2.24) is 4.90 Å². The number of thiophene rings is 1. The van der Waals surface area contributed by atoms with E-state index in [9.17, 15) is 8.42 Å². The molecular formula is C28H36N2O4S2. The molecule has 3 fully saturated rings. The summed E-state index contributed by atoms with van der Waals surface area (Å²) in [5.41, 5.74) is 3.90. The lowest BCUT2D eigenvalue weighted by atomic mass is 9.62. The van der Waals surface area contributed by atoms with Crippen molar-refractivity contribution in [2.45, 2.75) is 44.2 Å². The van der Waals surface area contributed by atoms with Gasteiger partial charge >= 0.3 is 0 Å². The number of fused-ring (bicyclic) bond motifs is 3. The van der Waals surface area contributed by atoms with Crippen LogP contribution in [-0.2, 0) is 10.1 Å². The van der Waals surface area contributed by atoms with Gasteiger partial charge in [-0.3, -0.25) is 9.45 Å². The number of aryl methyl sites for hydroxylation is 1. The van der Waals surface area contributed by atoms with E-state index in [1.165, 1.54) is 41.9 Å². The third-order valence-corrected chi connectivity index (χ3v) is 8.50. The predicted octanol–water partition coefficient (Wildman–Crippen LogP) is 5.67. The zero-order chi connectivity index (χ0) is 25.9. The van der Waals surface area contributed by atoms with Crippen LogP contribution in [0.3, 0.4) is 0 Å². The second-order valence-corrected chi connectivity index (χ2v) is 12.6. The Bertz CT molecular complexity index is 1190. The Morgan fingerprint density at radius 2 is 1.56 bits per heavy atom. The molecule has 194 valence electrons. The lowest BCUT2D eigenvalue weighted by Gasteiger charge is -2.61. The van der Waals surface area contributed by atoms with Gasteiger partial charge in [-0.2, -0.15) is 8.42 Å². The molecule has 0 saturated carbocycles. The standard InChI is InChI=1S/C27H32N2OS.CH4O3S/c1-19-18-23(26(30-3)31-19)28-25-22-14-16-29(17-15-22)27(25,2)24(20-10-6-4-7-11-20)21-12-8-5-9-13-21;1-5(2,3)4/h4-13,18,22,24-25,28H,14-17H2,1-3H3;1H3,(H,2,3,4)/t25-,27-;/m0./s1. The van der Waals surface area contributed by atoms with Gasteiger partial charge in [-0.1, -0.05) is 60.7 Å². The van der Waals surface area contributed by atoms with Gasteiger partial charge in [0, 0.05) is 22.4 Å². The monoisotopic (exact) mass is 528 g/mol. The van der Waals surface area contributed by atoms with Crippen molar-refractivity contribution in [3.05, 3.63) is 82.7 Å². The van der Waals surface area contributed by atoms with Crippen molar-refractivity contribution in [3.8, 4) is 5.06 Å². The van der Waals surface area contributed by atoms with Crippen LogP contribution in [0.4, 0.5) is 5.69 Å². The number of methoxy groups -OCH3 is 1. The fourth-order valence-electron chi connectivity index (χ4n) is 6.09. The van der Waals surface area contributed by atoms with Crippen molar-refractivity contribution < 1.29 is 17.7 Å². The summed E-state index contributed by atoms with van der Waals surface area (Å²) < 4.78 is 31.6. The number of hydrogen-bond donors (Lipinski definition) is 2. The van der Waals surface area contributed by atoms with E-state index in [2.05, 4.69) is 90.8 Å². The highest BCUT2D eigenvalue weighted by atomic mass is 32.2. The van der Waals surface area contributed by atoms with Crippen molar-refractivity contribution in [2.24, 2.45) is 5.92 Å². The van der Waals surface area contributed by atoms with Gasteiger partial charge in [0.15, 0.2) is 5.06 Å². The molecule has 6 rings (SSSR count). The third kappa shape index (κ3) is 5.78. The van der Waals surface area contributed by atoms with Crippen LogP contribution < -0.4 is 10.1 Å². The first-order chi connectivity index (χ1) is 17.1. The van der Waals surface area contributed by atoms with Gasteiger partial charge in [-0.15, -0.1) is 11.3 Å². The largest absolute Gasteiger partial charge is 0.486 e. The van der Waals surface area contributed by atoms with Gasteiger partial charge in [0.25, 0.3) is 10.1 Å². The Morgan fingerprint density at radius 1 is 1.06 bits per heavy atom. The lowest BCUT2D eigenvalue weighted by molar-refractivity contribution is -0.0401. The smallest absolute Gasteiger partial charge is 0.261 e. The molecule has 0 amide bonds. The summed E-state index contributed by atoms with van der Waals surface area (Å²) in [7, 11) is -1.89. The number of ether oxygens (including phenoxy) is 1. The average molecular weight is 529 g/mol. The molecule has 36 heavy (non-hydrogen) atoms. The zero-order valence-electron chi connectivity index (χ0n) is 21.3. The molecule has 0 spiro atoms. The highest BCUT2D eigenvalue weighted by molar-refractivity contribution is 7.85. The molecule has 8 heteroatoms. The molecule has 2 bridgehead atoms. The molecule has 1 aromatic heterocycles. The van der Waals surface area contributed by atoms with Gasteiger partial charge in [-0.05, 0) is 62.9 Å². The van der Waals surface area contributed by atoms with E-state index < -0.39 is 10.1 Å². The molecule has 6 nitrogen and oxygen atoms in total. The fraction of sp³-hybridized carbons (Fsp3) is 0.429. The van der Waals surface area contributed by atoms with Crippen LogP contribution in [-0.4, -0.2) is 55.9 Å². The maximum Gasteiger partial charge on any atom is 0.261 e. The maximum atomic E-state index is 9.19. The Hall–Kier alpha value is -2.39. The summed E-state index contributed by atoms with van der Waals surface area (Å²) in [5, 5.41) is 5.00. The van der Waals surface area contributed by atoms with E-state index in [-0.39, 0.29) is 5.54 Å². The first-order valence-corrected chi connectivity index (χ1v) is 15.0. The van der Waals surface area contributed by atoms with E-state index >= 15 is 0 Å². The minimum Gasteiger partial charge on any atom is -0.486 e. The highest BCUT2D eigenvalue weighted by Crippen LogP contribution is 2.51. The number of rotatable bonds is 6. The Morgan fingerprint density at radius 3 is 2.03 bits per heavy atom. The quantitative estimate of drug-likeness (QED) is 0.402. The number of anilines is 1.